The SMILES string of the molecule is COc1ccc(-c2cnnc(Cl)n2)cc1C(C)(C)C. The van der Waals surface area contributed by atoms with E-state index in [9.17, 15) is 0 Å². The Hall–Kier alpha value is -1.68. The van der Waals surface area contributed by atoms with Gasteiger partial charge in [0.2, 0.25) is 5.28 Å². The topological polar surface area (TPSA) is 47.9 Å². The van der Waals surface area contributed by atoms with Crippen LogP contribution >= 0.6 is 11.6 Å². The fourth-order valence-electron chi connectivity index (χ4n) is 1.87. The van der Waals surface area contributed by atoms with Crippen molar-refractivity contribution >= 4 is 11.6 Å². The zero-order valence-electron chi connectivity index (χ0n) is 11.4. The molecule has 0 unspecified atom stereocenters. The molecule has 0 saturated carbocycles. The molecular weight excluding hydrogens is 262 g/mol. The van der Waals surface area contributed by atoms with Gasteiger partial charge < -0.3 is 4.74 Å². The molecule has 4 nitrogen and oxygen atoms in total. The van der Waals surface area contributed by atoms with E-state index in [1.807, 2.05) is 12.1 Å². The Bertz CT molecular complexity index is 593. The summed E-state index contributed by atoms with van der Waals surface area (Å²) in [6.07, 6.45) is 1.60. The lowest BCUT2D eigenvalue weighted by Gasteiger charge is -2.22. The van der Waals surface area contributed by atoms with Crippen molar-refractivity contribution in [2.24, 2.45) is 0 Å². The third kappa shape index (κ3) is 3.01. The third-order valence-electron chi connectivity index (χ3n) is 2.84. The molecule has 0 aliphatic rings. The minimum atomic E-state index is -0.0222. The summed E-state index contributed by atoms with van der Waals surface area (Å²) < 4.78 is 5.41. The normalized spacial score (nSPS) is 11.4. The van der Waals surface area contributed by atoms with E-state index in [2.05, 4.69) is 42.0 Å². The monoisotopic (exact) mass is 277 g/mol. The molecule has 0 saturated heterocycles. The largest absolute Gasteiger partial charge is 0.496 e. The molecule has 0 amide bonds. The summed E-state index contributed by atoms with van der Waals surface area (Å²) in [5, 5.41) is 7.61. The Morgan fingerprint density at radius 1 is 1.21 bits per heavy atom. The molecular formula is C14H16ClN3O. The highest BCUT2D eigenvalue weighted by Gasteiger charge is 2.19. The summed E-state index contributed by atoms with van der Waals surface area (Å²) in [4.78, 5) is 4.17. The van der Waals surface area contributed by atoms with Gasteiger partial charge in [-0.15, -0.1) is 5.10 Å². The molecule has 5 heteroatoms. The molecule has 0 fully saturated rings. The van der Waals surface area contributed by atoms with E-state index in [4.69, 9.17) is 16.3 Å². The molecule has 0 spiro atoms. The van der Waals surface area contributed by atoms with Crippen LogP contribution in [0.1, 0.15) is 26.3 Å². The molecule has 0 radical (unpaired) electrons. The summed E-state index contributed by atoms with van der Waals surface area (Å²) in [6.45, 7) is 6.42. The fourth-order valence-corrected chi connectivity index (χ4v) is 2.01. The molecule has 0 aliphatic heterocycles. The maximum Gasteiger partial charge on any atom is 0.243 e. The van der Waals surface area contributed by atoms with Crippen LogP contribution in [0.3, 0.4) is 0 Å². The van der Waals surface area contributed by atoms with E-state index >= 15 is 0 Å². The van der Waals surface area contributed by atoms with Gasteiger partial charge in [0.15, 0.2) is 0 Å². The first-order valence-electron chi connectivity index (χ1n) is 5.96. The Balaban J connectivity index is 2.55. The molecule has 0 N–H and O–H groups in total. The summed E-state index contributed by atoms with van der Waals surface area (Å²) in [7, 11) is 1.67. The first kappa shape index (κ1) is 13.7. The Labute approximate surface area is 117 Å². The Kier molecular flexibility index (Phi) is 3.71. The number of methoxy groups -OCH3 is 1. The highest BCUT2D eigenvalue weighted by molar-refractivity contribution is 6.28. The molecule has 0 bridgehead atoms. The quantitative estimate of drug-likeness (QED) is 0.843. The van der Waals surface area contributed by atoms with Crippen LogP contribution in [0.4, 0.5) is 0 Å². The number of benzene rings is 1. The molecule has 100 valence electrons. The van der Waals surface area contributed by atoms with Crippen molar-refractivity contribution in [3.8, 4) is 17.0 Å². The zero-order chi connectivity index (χ0) is 14.0. The van der Waals surface area contributed by atoms with Crippen LogP contribution in [0.15, 0.2) is 24.4 Å². The predicted molar refractivity (Wildman–Crippen MR) is 75.5 cm³/mol. The van der Waals surface area contributed by atoms with Crippen molar-refractivity contribution in [3.63, 3.8) is 0 Å². The fraction of sp³-hybridized carbons (Fsp3) is 0.357. The average Bonchev–Trinajstić information content (AvgIpc) is 2.37. The van der Waals surface area contributed by atoms with E-state index in [1.54, 1.807) is 13.3 Å². The minimum Gasteiger partial charge on any atom is -0.496 e. The molecule has 2 aromatic rings. The molecule has 0 atom stereocenters. The lowest BCUT2D eigenvalue weighted by Crippen LogP contribution is -2.13. The van der Waals surface area contributed by atoms with Gasteiger partial charge in [-0.25, -0.2) is 4.98 Å². The first-order chi connectivity index (χ1) is 8.91. The predicted octanol–water partition coefficient (Wildman–Crippen LogP) is 3.50. The van der Waals surface area contributed by atoms with Crippen LogP contribution < -0.4 is 4.74 Å². The van der Waals surface area contributed by atoms with Crippen molar-refractivity contribution in [1.29, 1.82) is 0 Å². The highest BCUT2D eigenvalue weighted by Crippen LogP contribution is 2.34. The van der Waals surface area contributed by atoms with Crippen LogP contribution in [0.2, 0.25) is 5.28 Å². The summed E-state index contributed by atoms with van der Waals surface area (Å²) in [5.41, 5.74) is 2.74. The van der Waals surface area contributed by atoms with Crippen LogP contribution in [0.25, 0.3) is 11.3 Å². The highest BCUT2D eigenvalue weighted by atomic mass is 35.5. The number of aromatic nitrogens is 3. The van der Waals surface area contributed by atoms with E-state index in [0.717, 1.165) is 16.9 Å². The van der Waals surface area contributed by atoms with Gasteiger partial charge >= 0.3 is 0 Å². The molecule has 19 heavy (non-hydrogen) atoms. The zero-order valence-corrected chi connectivity index (χ0v) is 12.2. The minimum absolute atomic E-state index is 0.0222. The van der Waals surface area contributed by atoms with Gasteiger partial charge in [0.1, 0.15) is 5.75 Å². The van der Waals surface area contributed by atoms with Gasteiger partial charge in [-0.2, -0.15) is 5.10 Å². The molecule has 1 aromatic heterocycles. The molecule has 2 rings (SSSR count). The average molecular weight is 278 g/mol. The second kappa shape index (κ2) is 5.13. The van der Waals surface area contributed by atoms with Gasteiger partial charge in [-0.1, -0.05) is 20.8 Å². The van der Waals surface area contributed by atoms with E-state index in [-0.39, 0.29) is 10.7 Å². The summed E-state index contributed by atoms with van der Waals surface area (Å²) in [5.74, 6) is 0.865. The molecule has 0 aliphatic carbocycles. The van der Waals surface area contributed by atoms with E-state index < -0.39 is 0 Å². The molecule has 1 aromatic carbocycles. The van der Waals surface area contributed by atoms with Crippen molar-refractivity contribution in [1.82, 2.24) is 15.2 Å². The number of nitrogens with zero attached hydrogens (tertiary/aromatic N) is 3. The van der Waals surface area contributed by atoms with E-state index in [1.165, 1.54) is 0 Å². The van der Waals surface area contributed by atoms with Crippen LogP contribution in [0, 0.1) is 0 Å². The third-order valence-corrected chi connectivity index (χ3v) is 3.00. The maximum absolute atomic E-state index is 5.77. The second-order valence-corrected chi connectivity index (χ2v) is 5.61. The number of rotatable bonds is 2. The van der Waals surface area contributed by atoms with Crippen molar-refractivity contribution < 1.29 is 4.74 Å². The number of hydrogen-bond donors (Lipinski definition) is 0. The lowest BCUT2D eigenvalue weighted by atomic mass is 9.85. The molecule has 1 heterocycles. The van der Waals surface area contributed by atoms with Gasteiger partial charge in [0.25, 0.3) is 0 Å². The van der Waals surface area contributed by atoms with Crippen LogP contribution in [0.5, 0.6) is 5.75 Å². The smallest absolute Gasteiger partial charge is 0.243 e. The maximum atomic E-state index is 5.77. The van der Waals surface area contributed by atoms with Crippen LogP contribution in [-0.4, -0.2) is 22.3 Å². The standard InChI is InChI=1S/C14H16ClN3O/c1-14(2,3)10-7-9(5-6-12(10)19-4)11-8-16-18-13(15)17-11/h5-8H,1-4H3. The summed E-state index contributed by atoms with van der Waals surface area (Å²) >= 11 is 5.77. The van der Waals surface area contributed by atoms with Gasteiger partial charge in [0, 0.05) is 11.1 Å². The Morgan fingerprint density at radius 3 is 2.53 bits per heavy atom. The van der Waals surface area contributed by atoms with E-state index in [0.29, 0.717) is 5.69 Å². The van der Waals surface area contributed by atoms with Gasteiger partial charge in [0.05, 0.1) is 19.0 Å². The van der Waals surface area contributed by atoms with Gasteiger partial charge in [-0.05, 0) is 35.2 Å². The Morgan fingerprint density at radius 2 is 1.95 bits per heavy atom. The first-order valence-corrected chi connectivity index (χ1v) is 6.34. The van der Waals surface area contributed by atoms with Gasteiger partial charge in [-0.3, -0.25) is 0 Å². The number of hydrogen-bond acceptors (Lipinski definition) is 4. The number of halogens is 1. The summed E-state index contributed by atoms with van der Waals surface area (Å²) in [6, 6.07) is 5.93. The van der Waals surface area contributed by atoms with Crippen molar-refractivity contribution in [2.75, 3.05) is 7.11 Å². The van der Waals surface area contributed by atoms with Crippen molar-refractivity contribution in [3.05, 3.63) is 35.2 Å². The number of ether oxygens (including phenoxy) is 1. The lowest BCUT2D eigenvalue weighted by molar-refractivity contribution is 0.397. The van der Waals surface area contributed by atoms with Crippen LogP contribution in [-0.2, 0) is 5.41 Å². The van der Waals surface area contributed by atoms with Crippen molar-refractivity contribution in [2.45, 2.75) is 26.2 Å². The second-order valence-electron chi connectivity index (χ2n) is 5.28.